The lowest BCUT2D eigenvalue weighted by atomic mass is 10.0. The summed E-state index contributed by atoms with van der Waals surface area (Å²) < 4.78 is 0. The first-order valence-electron chi connectivity index (χ1n) is 9.06. The minimum Gasteiger partial charge on any atom is -0.354 e. The van der Waals surface area contributed by atoms with E-state index in [9.17, 15) is 0 Å². The molecule has 3 aromatic heterocycles. The van der Waals surface area contributed by atoms with Crippen molar-refractivity contribution in [3.63, 3.8) is 0 Å². The average molecular weight is 375 g/mol. The molecule has 4 heterocycles. The third-order valence-electron chi connectivity index (χ3n) is 4.73. The van der Waals surface area contributed by atoms with E-state index in [2.05, 4.69) is 39.2 Å². The number of aromatic amines is 1. The summed E-state index contributed by atoms with van der Waals surface area (Å²) in [5.74, 6) is 1.62. The van der Waals surface area contributed by atoms with E-state index in [1.807, 2.05) is 24.3 Å². The summed E-state index contributed by atoms with van der Waals surface area (Å²) in [5, 5.41) is 12.5. The van der Waals surface area contributed by atoms with Gasteiger partial charge in [-0.25, -0.2) is 9.97 Å². The summed E-state index contributed by atoms with van der Waals surface area (Å²) in [6, 6.07) is 8.28. The van der Waals surface area contributed by atoms with Crippen LogP contribution >= 0.6 is 11.6 Å². The van der Waals surface area contributed by atoms with Crippen LogP contribution in [0.2, 0.25) is 5.02 Å². The zero-order chi connectivity index (χ0) is 18.1. The number of fused-ring (bicyclic) bond motifs is 1. The normalized spacial score (nSPS) is 18.0. The highest BCUT2D eigenvalue weighted by Crippen LogP contribution is 2.31. The van der Waals surface area contributed by atoms with Gasteiger partial charge in [-0.3, -0.25) is 5.10 Å². The van der Waals surface area contributed by atoms with Crippen LogP contribution in [0.25, 0.3) is 22.4 Å². The highest BCUT2D eigenvalue weighted by Gasteiger charge is 2.22. The molecule has 0 saturated carbocycles. The maximum atomic E-state index is 6.46. The first kappa shape index (κ1) is 17.2. The fourth-order valence-electron chi connectivity index (χ4n) is 3.57. The van der Waals surface area contributed by atoms with Crippen molar-refractivity contribution in [3.8, 4) is 11.4 Å². The summed E-state index contributed by atoms with van der Waals surface area (Å²) in [4.78, 5) is 11.5. The number of piperazine rings is 1. The van der Waals surface area contributed by atoms with E-state index in [-0.39, 0.29) is 2.85 Å². The lowest BCUT2D eigenvalue weighted by molar-refractivity contribution is 0.387. The van der Waals surface area contributed by atoms with Gasteiger partial charge < -0.3 is 10.2 Å². The number of rotatable bonds is 4. The fraction of sp³-hybridized carbons (Fsp3) is 0.421. The van der Waals surface area contributed by atoms with Crippen molar-refractivity contribution in [2.75, 3.05) is 24.5 Å². The molecule has 2 N–H and O–H groups in total. The van der Waals surface area contributed by atoms with Crippen LogP contribution in [0, 0.1) is 5.92 Å². The molecule has 0 amide bonds. The topological polar surface area (TPSA) is 69.7 Å². The maximum absolute atomic E-state index is 6.46. The number of H-pyrrole nitrogens is 1. The molecule has 0 aromatic carbocycles. The van der Waals surface area contributed by atoms with Gasteiger partial charge in [0.05, 0.1) is 10.7 Å². The molecule has 0 spiro atoms. The second-order valence-corrected chi connectivity index (χ2v) is 7.61. The highest BCUT2D eigenvalue weighted by molar-refractivity contribution is 6.33. The van der Waals surface area contributed by atoms with Gasteiger partial charge in [-0.2, -0.15) is 5.10 Å². The lowest BCUT2D eigenvalue weighted by Crippen LogP contribution is -2.51. The van der Waals surface area contributed by atoms with Crippen molar-refractivity contribution in [1.29, 1.82) is 0 Å². The number of hydrogen-bond acceptors (Lipinski definition) is 5. The van der Waals surface area contributed by atoms with E-state index in [0.717, 1.165) is 48.6 Å². The maximum Gasteiger partial charge on any atom is 0.181 e. The monoisotopic (exact) mass is 374 g/mol. The molecule has 0 unspecified atom stereocenters. The van der Waals surface area contributed by atoms with E-state index >= 15 is 0 Å². The molecule has 1 fully saturated rings. The summed E-state index contributed by atoms with van der Waals surface area (Å²) >= 11 is 6.46. The van der Waals surface area contributed by atoms with Crippen LogP contribution < -0.4 is 10.2 Å². The molecule has 7 heteroatoms. The van der Waals surface area contributed by atoms with E-state index < -0.39 is 0 Å². The zero-order valence-corrected chi connectivity index (χ0v) is 15.8. The third kappa shape index (κ3) is 3.39. The Morgan fingerprint density at radius 1 is 1.35 bits per heavy atom. The zero-order valence-electron chi connectivity index (χ0n) is 15.0. The Hall–Kier alpha value is -2.18. The molecular formula is C19H27ClN6. The SMILES string of the molecule is CC(C)C[C@@H]1CN(c2ccc(Cl)c(-c3[nH]nc4ncccc34)n2)CCN1.[HH].[HH]. The van der Waals surface area contributed by atoms with E-state index in [1.54, 1.807) is 6.20 Å². The minimum absolute atomic E-state index is 0. The van der Waals surface area contributed by atoms with Crippen LogP contribution in [0.3, 0.4) is 0 Å². The standard InChI is InChI=1S/C19H23ClN6.2H2/c1-12(2)10-13-11-26(9-8-21-13)16-6-5-15(20)18(23-16)17-14-4-3-7-22-19(14)25-24-17;;/h3-7,12-13,21H,8-11H2,1-2H3,(H,22,24,25);2*1H/t13-;;/m1../s1. The predicted octanol–water partition coefficient (Wildman–Crippen LogP) is 3.99. The summed E-state index contributed by atoms with van der Waals surface area (Å²) in [7, 11) is 0. The Labute approximate surface area is 161 Å². The smallest absolute Gasteiger partial charge is 0.181 e. The molecule has 0 radical (unpaired) electrons. The Morgan fingerprint density at radius 2 is 2.23 bits per heavy atom. The van der Waals surface area contributed by atoms with Gasteiger partial charge in [-0.05, 0) is 36.6 Å². The second kappa shape index (κ2) is 7.21. The van der Waals surface area contributed by atoms with Crippen molar-refractivity contribution < 1.29 is 2.85 Å². The molecule has 140 valence electrons. The van der Waals surface area contributed by atoms with Gasteiger partial charge in [0.2, 0.25) is 0 Å². The molecule has 1 saturated heterocycles. The molecule has 1 aliphatic heterocycles. The van der Waals surface area contributed by atoms with Gasteiger partial charge in [0.25, 0.3) is 0 Å². The molecule has 3 aromatic rings. The van der Waals surface area contributed by atoms with E-state index in [4.69, 9.17) is 16.6 Å². The van der Waals surface area contributed by atoms with Crippen LogP contribution in [0.15, 0.2) is 30.5 Å². The fourth-order valence-corrected chi connectivity index (χ4v) is 3.77. The van der Waals surface area contributed by atoms with E-state index in [1.165, 1.54) is 0 Å². The predicted molar refractivity (Wildman–Crippen MR) is 110 cm³/mol. The molecule has 1 aliphatic rings. The largest absolute Gasteiger partial charge is 0.354 e. The van der Waals surface area contributed by atoms with Crippen molar-refractivity contribution in [3.05, 3.63) is 35.5 Å². The second-order valence-electron chi connectivity index (χ2n) is 7.20. The minimum atomic E-state index is 0. The number of hydrogen-bond donors (Lipinski definition) is 2. The quantitative estimate of drug-likeness (QED) is 0.722. The molecular weight excluding hydrogens is 348 g/mol. The van der Waals surface area contributed by atoms with Gasteiger partial charge in [0.1, 0.15) is 11.5 Å². The van der Waals surface area contributed by atoms with Crippen LogP contribution in [0.5, 0.6) is 0 Å². The van der Waals surface area contributed by atoms with Crippen molar-refractivity contribution in [2.45, 2.75) is 26.3 Å². The lowest BCUT2D eigenvalue weighted by Gasteiger charge is -2.35. The number of nitrogens with one attached hydrogen (secondary N) is 2. The summed E-state index contributed by atoms with van der Waals surface area (Å²) in [6.07, 6.45) is 2.89. The van der Waals surface area contributed by atoms with Crippen LogP contribution in [0.1, 0.15) is 23.1 Å². The number of halogens is 1. The number of anilines is 1. The molecule has 0 aliphatic carbocycles. The molecule has 4 rings (SSSR count). The van der Waals surface area contributed by atoms with Gasteiger partial charge in [0.15, 0.2) is 5.65 Å². The Bertz CT molecular complexity index is 916. The first-order valence-corrected chi connectivity index (χ1v) is 9.44. The van der Waals surface area contributed by atoms with Gasteiger partial charge in [0, 0.05) is 40.1 Å². The first-order chi connectivity index (χ1) is 12.6. The Balaban J connectivity index is 0.00000140. The summed E-state index contributed by atoms with van der Waals surface area (Å²) in [6.45, 7) is 7.38. The average Bonchev–Trinajstić information content (AvgIpc) is 3.06. The van der Waals surface area contributed by atoms with Crippen molar-refractivity contribution >= 4 is 28.5 Å². The van der Waals surface area contributed by atoms with Gasteiger partial charge in [-0.1, -0.05) is 25.4 Å². The van der Waals surface area contributed by atoms with Crippen LogP contribution in [0.4, 0.5) is 5.82 Å². The van der Waals surface area contributed by atoms with E-state index in [0.29, 0.717) is 22.6 Å². The van der Waals surface area contributed by atoms with Crippen LogP contribution in [-0.4, -0.2) is 45.8 Å². The highest BCUT2D eigenvalue weighted by atomic mass is 35.5. The van der Waals surface area contributed by atoms with Crippen molar-refractivity contribution in [2.24, 2.45) is 5.92 Å². The van der Waals surface area contributed by atoms with Crippen LogP contribution in [-0.2, 0) is 0 Å². The molecule has 0 bridgehead atoms. The summed E-state index contributed by atoms with van der Waals surface area (Å²) in [5.41, 5.74) is 2.21. The van der Waals surface area contributed by atoms with Crippen molar-refractivity contribution in [1.82, 2.24) is 25.5 Å². The third-order valence-corrected chi connectivity index (χ3v) is 5.04. The van der Waals surface area contributed by atoms with Gasteiger partial charge >= 0.3 is 0 Å². The molecule has 6 nitrogen and oxygen atoms in total. The number of nitrogens with zero attached hydrogens (tertiary/aromatic N) is 4. The Morgan fingerprint density at radius 3 is 3.08 bits per heavy atom. The number of aromatic nitrogens is 4. The molecule has 1 atom stereocenters. The molecule has 26 heavy (non-hydrogen) atoms. The van der Waals surface area contributed by atoms with Gasteiger partial charge in [-0.15, -0.1) is 0 Å². The number of pyridine rings is 2. The Kier molecular flexibility index (Phi) is 4.78.